The molecule has 1 saturated heterocycles. The summed E-state index contributed by atoms with van der Waals surface area (Å²) in [4.78, 5) is 28.3. The van der Waals surface area contributed by atoms with E-state index < -0.39 is 17.7 Å². The van der Waals surface area contributed by atoms with Crippen molar-refractivity contribution in [3.63, 3.8) is 0 Å². The summed E-state index contributed by atoms with van der Waals surface area (Å²) in [6, 6.07) is 16.5. The van der Waals surface area contributed by atoms with Crippen LogP contribution in [0.5, 0.6) is 11.5 Å². The van der Waals surface area contributed by atoms with Gasteiger partial charge in [-0.3, -0.25) is 14.5 Å². The molecule has 0 bridgehead atoms. The summed E-state index contributed by atoms with van der Waals surface area (Å²) in [5.74, 6) is -0.751. The predicted octanol–water partition coefficient (Wildman–Crippen LogP) is 5.99. The Kier molecular flexibility index (Phi) is 6.85. The average molecular weight is 492 g/mol. The zero-order valence-corrected chi connectivity index (χ0v) is 20.7. The van der Waals surface area contributed by atoms with Crippen LogP contribution in [0.3, 0.4) is 0 Å². The number of aliphatic hydroxyl groups excluding tert-OH is 1. The molecule has 0 radical (unpaired) electrons. The molecule has 0 aliphatic carbocycles. The van der Waals surface area contributed by atoms with Crippen molar-refractivity contribution in [2.75, 3.05) is 18.6 Å². The van der Waals surface area contributed by atoms with Gasteiger partial charge in [0, 0.05) is 16.3 Å². The number of Topliss-reactive ketones (excluding diaryl/α,β-unsaturated/α-hetero) is 1. The number of amides is 1. The minimum atomic E-state index is -0.878. The van der Waals surface area contributed by atoms with Crippen molar-refractivity contribution in [3.8, 4) is 11.5 Å². The van der Waals surface area contributed by atoms with Crippen LogP contribution in [-0.2, 0) is 9.59 Å². The highest BCUT2D eigenvalue weighted by atomic mass is 35.5. The Hall–Kier alpha value is -3.77. The summed E-state index contributed by atoms with van der Waals surface area (Å²) >= 11 is 6.01. The number of hydrogen-bond donors (Lipinski definition) is 1. The van der Waals surface area contributed by atoms with E-state index in [0.717, 1.165) is 11.1 Å². The second kappa shape index (κ2) is 9.84. The first-order chi connectivity index (χ1) is 16.8. The van der Waals surface area contributed by atoms with Crippen molar-refractivity contribution in [2.24, 2.45) is 0 Å². The molecule has 4 rings (SSSR count). The first-order valence-electron chi connectivity index (χ1n) is 11.2. The Morgan fingerprint density at radius 2 is 1.71 bits per heavy atom. The van der Waals surface area contributed by atoms with Gasteiger partial charge in [0.25, 0.3) is 11.7 Å². The van der Waals surface area contributed by atoms with Crippen LogP contribution in [0, 0.1) is 13.8 Å². The van der Waals surface area contributed by atoms with Crippen LogP contribution in [0.4, 0.5) is 5.69 Å². The van der Waals surface area contributed by atoms with Crippen LogP contribution in [0.1, 0.15) is 35.2 Å². The van der Waals surface area contributed by atoms with Gasteiger partial charge in [0.1, 0.15) is 5.76 Å². The molecule has 1 fully saturated rings. The Labute approximate surface area is 209 Å². The molecule has 3 aromatic rings. The lowest BCUT2D eigenvalue weighted by atomic mass is 9.94. The third-order valence-electron chi connectivity index (χ3n) is 5.99. The van der Waals surface area contributed by atoms with Crippen molar-refractivity contribution in [2.45, 2.75) is 26.8 Å². The summed E-state index contributed by atoms with van der Waals surface area (Å²) in [7, 11) is 1.54. The number of nitrogens with zero attached hydrogens (tertiary/aromatic N) is 1. The monoisotopic (exact) mass is 491 g/mol. The number of methoxy groups -OCH3 is 1. The molecule has 1 amide bonds. The zero-order chi connectivity index (χ0) is 25.3. The number of aryl methyl sites for hydroxylation is 2. The van der Waals surface area contributed by atoms with Crippen LogP contribution in [0.25, 0.3) is 5.76 Å². The molecule has 1 aliphatic rings. The standard InChI is InChI=1S/C28H26ClNO5/c1-5-35-23-15-19(10-13-22(23)34-4)25-24(26(31)18-8-11-20(29)12-9-18)27(32)28(33)30(25)21-14-16(2)6-7-17(21)3/h6-15,25,31H,5H2,1-4H3/b26-24-. The average Bonchev–Trinajstić information content (AvgIpc) is 3.11. The topological polar surface area (TPSA) is 76.1 Å². The smallest absolute Gasteiger partial charge is 0.300 e. The van der Waals surface area contributed by atoms with Gasteiger partial charge in [-0.15, -0.1) is 0 Å². The maximum absolute atomic E-state index is 13.4. The molecular weight excluding hydrogens is 466 g/mol. The van der Waals surface area contributed by atoms with Crippen molar-refractivity contribution < 1.29 is 24.2 Å². The highest BCUT2D eigenvalue weighted by Gasteiger charge is 2.47. The van der Waals surface area contributed by atoms with Gasteiger partial charge in [0.05, 0.1) is 25.3 Å². The lowest BCUT2D eigenvalue weighted by molar-refractivity contribution is -0.132. The number of benzene rings is 3. The summed E-state index contributed by atoms with van der Waals surface area (Å²) in [5, 5.41) is 11.8. The zero-order valence-electron chi connectivity index (χ0n) is 20.0. The molecular formula is C28H26ClNO5. The Bertz CT molecular complexity index is 1330. The summed E-state index contributed by atoms with van der Waals surface area (Å²) in [6.07, 6.45) is 0. The quantitative estimate of drug-likeness (QED) is 0.260. The van der Waals surface area contributed by atoms with Gasteiger partial charge in [-0.2, -0.15) is 0 Å². The van der Waals surface area contributed by atoms with Crippen LogP contribution >= 0.6 is 11.6 Å². The Balaban J connectivity index is 1.99. The molecule has 6 nitrogen and oxygen atoms in total. The van der Waals surface area contributed by atoms with E-state index in [-0.39, 0.29) is 11.3 Å². The molecule has 7 heteroatoms. The van der Waals surface area contributed by atoms with Crippen molar-refractivity contribution >= 4 is 34.7 Å². The van der Waals surface area contributed by atoms with E-state index in [1.54, 1.807) is 49.6 Å². The molecule has 1 heterocycles. The summed E-state index contributed by atoms with van der Waals surface area (Å²) in [6.45, 7) is 6.06. The number of hydrogen-bond acceptors (Lipinski definition) is 5. The maximum atomic E-state index is 13.4. The number of ether oxygens (including phenoxy) is 2. The molecule has 0 saturated carbocycles. The van der Waals surface area contributed by atoms with Crippen LogP contribution in [-0.4, -0.2) is 30.5 Å². The summed E-state index contributed by atoms with van der Waals surface area (Å²) < 4.78 is 11.2. The molecule has 180 valence electrons. The second-order valence-corrected chi connectivity index (χ2v) is 8.75. The highest BCUT2D eigenvalue weighted by Crippen LogP contribution is 2.45. The Morgan fingerprint density at radius 1 is 1.00 bits per heavy atom. The number of carbonyl (C=O) groups is 2. The second-order valence-electron chi connectivity index (χ2n) is 8.31. The number of halogens is 1. The largest absolute Gasteiger partial charge is 0.507 e. The van der Waals surface area contributed by atoms with Gasteiger partial charge in [-0.1, -0.05) is 29.8 Å². The number of anilines is 1. The van der Waals surface area contributed by atoms with Gasteiger partial charge in [0.2, 0.25) is 0 Å². The molecule has 0 spiro atoms. The first kappa shape index (κ1) is 24.4. The SMILES string of the molecule is CCOc1cc(C2/C(=C(/O)c3ccc(Cl)cc3)C(=O)C(=O)N2c2cc(C)ccc2C)ccc1OC. The molecule has 3 aromatic carbocycles. The molecule has 1 N–H and O–H groups in total. The molecule has 1 unspecified atom stereocenters. The number of carbonyl (C=O) groups excluding carboxylic acids is 2. The predicted molar refractivity (Wildman–Crippen MR) is 136 cm³/mol. The van der Waals surface area contributed by atoms with Gasteiger partial charge in [-0.05, 0) is 79.9 Å². The maximum Gasteiger partial charge on any atom is 0.300 e. The van der Waals surface area contributed by atoms with Crippen molar-refractivity contribution in [1.82, 2.24) is 0 Å². The van der Waals surface area contributed by atoms with E-state index in [2.05, 4.69) is 0 Å². The first-order valence-corrected chi connectivity index (χ1v) is 11.6. The van der Waals surface area contributed by atoms with Gasteiger partial charge in [0.15, 0.2) is 11.5 Å². The summed E-state index contributed by atoms with van der Waals surface area (Å²) in [5.41, 5.74) is 3.34. The fraction of sp³-hybridized carbons (Fsp3) is 0.214. The van der Waals surface area contributed by atoms with Gasteiger partial charge >= 0.3 is 0 Å². The number of rotatable bonds is 6. The van der Waals surface area contributed by atoms with Crippen LogP contribution < -0.4 is 14.4 Å². The van der Waals surface area contributed by atoms with Crippen molar-refractivity contribution in [1.29, 1.82) is 0 Å². The highest BCUT2D eigenvalue weighted by molar-refractivity contribution is 6.51. The number of aliphatic hydroxyl groups is 1. The van der Waals surface area contributed by atoms with Gasteiger partial charge in [-0.25, -0.2) is 0 Å². The number of ketones is 1. The third kappa shape index (κ3) is 4.49. The molecule has 0 aromatic heterocycles. The fourth-order valence-corrected chi connectivity index (χ4v) is 4.40. The fourth-order valence-electron chi connectivity index (χ4n) is 4.27. The minimum absolute atomic E-state index is 0.00848. The molecule has 1 atom stereocenters. The lowest BCUT2D eigenvalue weighted by Crippen LogP contribution is -2.30. The van der Waals surface area contributed by atoms with Crippen LogP contribution in [0.15, 0.2) is 66.2 Å². The van der Waals surface area contributed by atoms with E-state index >= 15 is 0 Å². The van der Waals surface area contributed by atoms with Gasteiger partial charge < -0.3 is 14.6 Å². The van der Waals surface area contributed by atoms with Crippen molar-refractivity contribution in [3.05, 3.63) is 93.5 Å². The third-order valence-corrected chi connectivity index (χ3v) is 6.24. The van der Waals surface area contributed by atoms with E-state index in [1.165, 1.54) is 4.90 Å². The lowest BCUT2D eigenvalue weighted by Gasteiger charge is -2.27. The van der Waals surface area contributed by atoms with E-state index in [4.69, 9.17) is 21.1 Å². The van der Waals surface area contributed by atoms with E-state index in [9.17, 15) is 14.7 Å². The molecule has 1 aliphatic heterocycles. The minimum Gasteiger partial charge on any atom is -0.507 e. The Morgan fingerprint density at radius 3 is 2.37 bits per heavy atom. The van der Waals surface area contributed by atoms with E-state index in [0.29, 0.717) is 39.9 Å². The van der Waals surface area contributed by atoms with Crippen LogP contribution in [0.2, 0.25) is 5.02 Å². The normalized spacial score (nSPS) is 17.1. The molecule has 35 heavy (non-hydrogen) atoms. The van der Waals surface area contributed by atoms with E-state index in [1.807, 2.05) is 39.0 Å².